The number of hydrogen-bond donors (Lipinski definition) is 0. The van der Waals surface area contributed by atoms with Crippen LogP contribution in [0.1, 0.15) is 25.0 Å². The van der Waals surface area contributed by atoms with Crippen molar-refractivity contribution in [2.45, 2.75) is 26.8 Å². The average Bonchev–Trinajstić information content (AvgIpc) is 3.24. The minimum absolute atomic E-state index is 0.722. The lowest BCUT2D eigenvalue weighted by molar-refractivity contribution is -0.688. The van der Waals surface area contributed by atoms with Crippen LogP contribution in [0.3, 0.4) is 0 Å². The van der Waals surface area contributed by atoms with Crippen molar-refractivity contribution in [1.82, 2.24) is 0 Å². The fourth-order valence-corrected chi connectivity index (χ4v) is 6.87. The number of pyridine rings is 1. The minimum atomic E-state index is -7.22. The van der Waals surface area contributed by atoms with E-state index in [0.717, 1.165) is 18.9 Å². The minimum Gasteiger partial charge on any atom is -0.207 e. The zero-order valence-corrected chi connectivity index (χ0v) is 30.8. The molecule has 6 aromatic rings. The molecule has 0 bridgehead atoms. The van der Waals surface area contributed by atoms with Gasteiger partial charge in [0.1, 0.15) is 52.7 Å². The molecule has 0 fully saturated rings. The van der Waals surface area contributed by atoms with Crippen LogP contribution in [-0.4, -0.2) is 6.15 Å². The highest BCUT2D eigenvalue weighted by Gasteiger charge is 2.52. The molecule has 0 unspecified atom stereocenters. The van der Waals surface area contributed by atoms with Gasteiger partial charge in [-0.15, -0.1) is 21.9 Å². The van der Waals surface area contributed by atoms with Crippen molar-refractivity contribution in [2.24, 2.45) is 5.92 Å². The molecule has 62 heavy (non-hydrogen) atoms. The maximum absolute atomic E-state index is 15.4. The van der Waals surface area contributed by atoms with E-state index in [4.69, 9.17) is 0 Å². The van der Waals surface area contributed by atoms with Crippen LogP contribution in [0.2, 0.25) is 0 Å². The van der Waals surface area contributed by atoms with E-state index in [1.165, 1.54) is 11.1 Å². The van der Waals surface area contributed by atoms with E-state index in [-0.39, 0.29) is 0 Å². The van der Waals surface area contributed by atoms with Crippen LogP contribution in [0, 0.1) is 122 Å². The lowest BCUT2D eigenvalue weighted by atomic mass is 9.12. The molecule has 0 radical (unpaired) electrons. The molecule has 5 aromatic carbocycles. The molecule has 0 saturated heterocycles. The molecular weight excluding hydrogens is 885 g/mol. The third-order valence-electron chi connectivity index (χ3n) is 9.52. The van der Waals surface area contributed by atoms with Gasteiger partial charge >= 0.3 is 0 Å². The quantitative estimate of drug-likeness (QED) is 0.0473. The van der Waals surface area contributed by atoms with Crippen molar-refractivity contribution in [3.8, 4) is 0 Å². The van der Waals surface area contributed by atoms with Crippen molar-refractivity contribution in [3.05, 3.63) is 182 Å². The number of aromatic nitrogens is 1. The molecule has 0 amide bonds. The van der Waals surface area contributed by atoms with Gasteiger partial charge in [0.05, 0.1) is 0 Å². The molecule has 22 heteroatoms. The molecule has 0 N–H and O–H groups in total. The SMILES string of the molecule is CC(C)Cc1cc[n+](Cc2ccccc2)cc1.Fc1c(F)c(F)c([B-](c2c(F)c(F)c(F)c(F)c2F)(c2c(F)c(F)c(F)c(F)c2F)c2c(F)c(F)c(F)c(F)c2F)c(F)c1F. The van der Waals surface area contributed by atoms with Crippen molar-refractivity contribution < 1.29 is 92.4 Å². The normalized spacial score (nSPS) is 11.7. The van der Waals surface area contributed by atoms with E-state index in [2.05, 4.69) is 73.3 Å². The van der Waals surface area contributed by atoms with Crippen molar-refractivity contribution in [2.75, 3.05) is 0 Å². The van der Waals surface area contributed by atoms with E-state index in [1.807, 2.05) is 0 Å². The summed E-state index contributed by atoms with van der Waals surface area (Å²) in [5.74, 6) is -70.7. The van der Waals surface area contributed by atoms with Crippen molar-refractivity contribution in [3.63, 3.8) is 0 Å². The Morgan fingerprint density at radius 2 is 0.581 bits per heavy atom. The van der Waals surface area contributed by atoms with Crippen LogP contribution in [0.5, 0.6) is 0 Å². The smallest absolute Gasteiger partial charge is 0.200 e. The summed E-state index contributed by atoms with van der Waals surface area (Å²) in [5.41, 5.74) is -11.6. The highest BCUT2D eigenvalue weighted by molar-refractivity contribution is 7.20. The Labute approximate surface area is 335 Å². The molecule has 0 atom stereocenters. The summed E-state index contributed by atoms with van der Waals surface area (Å²) in [4.78, 5) is 0. The first-order chi connectivity index (χ1) is 28.9. The number of nitrogens with zero attached hydrogens (tertiary/aromatic N) is 1. The van der Waals surface area contributed by atoms with E-state index in [9.17, 15) is 52.7 Å². The number of halogens is 20. The molecule has 0 aliphatic carbocycles. The van der Waals surface area contributed by atoms with Crippen LogP contribution < -0.4 is 26.4 Å². The first kappa shape index (κ1) is 47.0. The largest absolute Gasteiger partial charge is 0.207 e. The Balaban J connectivity index is 0.000000355. The van der Waals surface area contributed by atoms with Crippen LogP contribution in [-0.2, 0) is 13.0 Å². The lowest BCUT2D eigenvalue weighted by Crippen LogP contribution is -2.81. The van der Waals surface area contributed by atoms with Gasteiger partial charge in [-0.2, -0.15) is 0 Å². The summed E-state index contributed by atoms with van der Waals surface area (Å²) in [6.45, 7) is 5.46. The van der Waals surface area contributed by atoms with Crippen LogP contribution >= 0.6 is 0 Å². The summed E-state index contributed by atoms with van der Waals surface area (Å²) in [5, 5.41) is 0. The third kappa shape index (κ3) is 7.71. The first-order valence-electron chi connectivity index (χ1n) is 17.2. The maximum Gasteiger partial charge on any atom is 0.200 e. The van der Waals surface area contributed by atoms with Gasteiger partial charge in [-0.1, -0.05) is 44.2 Å². The second-order valence-electron chi connectivity index (χ2n) is 13.8. The number of benzene rings is 5. The Hall–Kier alpha value is -6.09. The fraction of sp³-hybridized carbons (Fsp3) is 0.125. The Bertz CT molecular complexity index is 2320. The molecule has 328 valence electrons. The van der Waals surface area contributed by atoms with Gasteiger partial charge in [0.15, 0.2) is 88.7 Å². The molecule has 1 nitrogen and oxygen atoms in total. The first-order valence-corrected chi connectivity index (χ1v) is 17.2. The third-order valence-corrected chi connectivity index (χ3v) is 9.52. The standard InChI is InChI=1S/C24BF20.C16H20N/c26-5-1(6(27)14(35)21(42)13(5)34)25(2-7(28)15(36)22(43)16(37)8(2)29,3-9(30)17(38)23(44)18(39)10(3)31)4-11(32)19(40)24(45)20(41)12(4)33;1-14(2)12-15-8-10-17(11-9-15)13-16-6-4-3-5-7-16/h;3-11,14H,12-13H2,1-2H3/q-1;+1. The van der Waals surface area contributed by atoms with E-state index < -0.39 is 144 Å². The van der Waals surface area contributed by atoms with E-state index in [0.29, 0.717) is 0 Å². The zero-order chi connectivity index (χ0) is 46.4. The number of rotatable bonds is 8. The van der Waals surface area contributed by atoms with Gasteiger partial charge in [-0.25, -0.2) is 92.4 Å². The van der Waals surface area contributed by atoms with Crippen molar-refractivity contribution >= 4 is 28.0 Å². The van der Waals surface area contributed by atoms with Gasteiger partial charge in [0, 0.05) is 17.7 Å². The summed E-state index contributed by atoms with van der Waals surface area (Å²) < 4.78 is 296. The van der Waals surface area contributed by atoms with Crippen LogP contribution in [0.15, 0.2) is 54.9 Å². The molecule has 1 heterocycles. The molecule has 0 spiro atoms. The second-order valence-corrected chi connectivity index (χ2v) is 13.8. The molecule has 1 aromatic heterocycles. The predicted octanol–water partition coefficient (Wildman–Crippen LogP) is 9.07. The van der Waals surface area contributed by atoms with Crippen molar-refractivity contribution in [1.29, 1.82) is 0 Å². The van der Waals surface area contributed by atoms with Gasteiger partial charge in [-0.05, 0) is 17.9 Å². The average molecular weight is 905 g/mol. The Morgan fingerprint density at radius 1 is 0.339 bits per heavy atom. The van der Waals surface area contributed by atoms with E-state index >= 15 is 35.1 Å². The van der Waals surface area contributed by atoms with E-state index in [1.54, 1.807) is 0 Å². The maximum atomic E-state index is 15.4. The van der Waals surface area contributed by atoms with Gasteiger partial charge in [0.25, 0.3) is 0 Å². The number of hydrogen-bond acceptors (Lipinski definition) is 0. The topological polar surface area (TPSA) is 3.88 Å². The van der Waals surface area contributed by atoms with Gasteiger partial charge < -0.3 is 0 Å². The van der Waals surface area contributed by atoms with Gasteiger partial charge in [-0.3, -0.25) is 0 Å². The molecule has 0 aliphatic rings. The highest BCUT2D eigenvalue weighted by atomic mass is 19.2. The summed E-state index contributed by atoms with van der Waals surface area (Å²) in [7, 11) is 0. The van der Waals surface area contributed by atoms with Gasteiger partial charge in [0.2, 0.25) is 0 Å². The molecule has 0 saturated carbocycles. The van der Waals surface area contributed by atoms with Crippen LogP contribution in [0.25, 0.3) is 0 Å². The molecule has 0 aliphatic heterocycles. The molecular formula is C40H20BF20N. The lowest BCUT2D eigenvalue weighted by Gasteiger charge is -2.44. The summed E-state index contributed by atoms with van der Waals surface area (Å²) in [6, 6.07) is 15.0. The highest BCUT2D eigenvalue weighted by Crippen LogP contribution is 2.30. The predicted molar refractivity (Wildman–Crippen MR) is 180 cm³/mol. The summed E-state index contributed by atoms with van der Waals surface area (Å²) in [6.07, 6.45) is -1.72. The molecule has 6 rings (SSSR count). The van der Waals surface area contributed by atoms with Crippen LogP contribution in [0.4, 0.5) is 87.8 Å². The monoisotopic (exact) mass is 905 g/mol. The Morgan fingerprint density at radius 3 is 0.823 bits per heavy atom. The zero-order valence-electron chi connectivity index (χ0n) is 30.8. The Kier molecular flexibility index (Phi) is 13.4. The second kappa shape index (κ2) is 17.7. The fourth-order valence-electron chi connectivity index (χ4n) is 6.87. The summed E-state index contributed by atoms with van der Waals surface area (Å²) >= 11 is 0.